The molecule has 0 saturated carbocycles. The Kier molecular flexibility index (Phi) is 7.99. The van der Waals surface area contributed by atoms with Crippen LogP contribution in [0.5, 0.6) is 0 Å². The Hall–Kier alpha value is -0.460. The molecule has 0 N–H and O–H groups in total. The summed E-state index contributed by atoms with van der Waals surface area (Å²) in [7, 11) is 6.71. The van der Waals surface area contributed by atoms with Gasteiger partial charge in [-0.3, -0.25) is 4.90 Å². The summed E-state index contributed by atoms with van der Waals surface area (Å²) in [6, 6.07) is 8.73. The Bertz CT molecular complexity index is 433. The van der Waals surface area contributed by atoms with E-state index in [1.54, 1.807) is 0 Å². The lowest BCUT2D eigenvalue weighted by molar-refractivity contribution is 0.162. The Morgan fingerprint density at radius 1 is 0.696 bits per heavy atom. The summed E-state index contributed by atoms with van der Waals surface area (Å²) in [5, 5.41) is 0. The number of halogens is 1. The van der Waals surface area contributed by atoms with E-state index in [0.717, 1.165) is 63.4 Å². The largest absolute Gasteiger partial charge is 0.304 e. The van der Waals surface area contributed by atoms with E-state index in [-0.39, 0.29) is 0 Å². The van der Waals surface area contributed by atoms with Gasteiger partial charge in [-0.1, -0.05) is 28.1 Å². The standard InChI is InChI=1S/C18H31BrN4/c1-20-8-10-21(2)12-14-23(15-13-22(3)11-9-20)16-17-4-6-18(19)7-5-17/h4-7H,8-16H2,1-3H3. The second kappa shape index (κ2) is 9.74. The molecule has 4 nitrogen and oxygen atoms in total. The number of hydrogen-bond acceptors (Lipinski definition) is 4. The molecule has 0 aliphatic carbocycles. The minimum absolute atomic E-state index is 1.04. The molecule has 1 saturated heterocycles. The molecule has 130 valence electrons. The lowest BCUT2D eigenvalue weighted by atomic mass is 10.2. The molecule has 0 bridgehead atoms. The maximum absolute atomic E-state index is 3.52. The first-order chi connectivity index (χ1) is 11.0. The highest BCUT2D eigenvalue weighted by Gasteiger charge is 2.12. The van der Waals surface area contributed by atoms with Gasteiger partial charge in [-0.25, -0.2) is 0 Å². The summed E-state index contributed by atoms with van der Waals surface area (Å²) in [6.45, 7) is 10.2. The highest BCUT2D eigenvalue weighted by molar-refractivity contribution is 9.10. The van der Waals surface area contributed by atoms with Crippen molar-refractivity contribution in [1.29, 1.82) is 0 Å². The third-order valence-electron chi connectivity index (χ3n) is 4.64. The normalized spacial score (nSPS) is 21.7. The first-order valence-corrected chi connectivity index (χ1v) is 9.34. The van der Waals surface area contributed by atoms with E-state index in [0.29, 0.717) is 0 Å². The Labute approximate surface area is 150 Å². The minimum Gasteiger partial charge on any atom is -0.304 e. The molecule has 1 aromatic rings. The van der Waals surface area contributed by atoms with Gasteiger partial charge in [-0.15, -0.1) is 0 Å². The van der Waals surface area contributed by atoms with Crippen molar-refractivity contribution >= 4 is 15.9 Å². The molecular weight excluding hydrogens is 352 g/mol. The summed E-state index contributed by atoms with van der Waals surface area (Å²) in [6.07, 6.45) is 0. The number of benzene rings is 1. The Morgan fingerprint density at radius 3 is 1.52 bits per heavy atom. The van der Waals surface area contributed by atoms with Crippen molar-refractivity contribution in [2.24, 2.45) is 0 Å². The van der Waals surface area contributed by atoms with Crippen LogP contribution >= 0.6 is 15.9 Å². The van der Waals surface area contributed by atoms with Crippen molar-refractivity contribution in [1.82, 2.24) is 19.6 Å². The highest BCUT2D eigenvalue weighted by Crippen LogP contribution is 2.12. The van der Waals surface area contributed by atoms with Crippen LogP contribution in [-0.4, -0.2) is 93.1 Å². The van der Waals surface area contributed by atoms with Crippen molar-refractivity contribution < 1.29 is 0 Å². The second-order valence-corrected chi connectivity index (χ2v) is 7.73. The lowest BCUT2D eigenvalue weighted by Gasteiger charge is -2.30. The van der Waals surface area contributed by atoms with Gasteiger partial charge in [0.05, 0.1) is 0 Å². The SMILES string of the molecule is CN1CCN(C)CCN(Cc2ccc(Br)cc2)CCN(C)CC1. The summed E-state index contributed by atoms with van der Waals surface area (Å²) >= 11 is 3.52. The molecule has 1 aliphatic heterocycles. The van der Waals surface area contributed by atoms with E-state index in [4.69, 9.17) is 0 Å². The van der Waals surface area contributed by atoms with Gasteiger partial charge in [0.15, 0.2) is 0 Å². The van der Waals surface area contributed by atoms with Crippen LogP contribution in [0.15, 0.2) is 28.7 Å². The molecule has 0 atom stereocenters. The monoisotopic (exact) mass is 382 g/mol. The van der Waals surface area contributed by atoms with Gasteiger partial charge in [0.1, 0.15) is 0 Å². The predicted octanol–water partition coefficient (Wildman–Crippen LogP) is 2.06. The summed E-state index contributed by atoms with van der Waals surface area (Å²) < 4.78 is 1.15. The fourth-order valence-electron chi connectivity index (χ4n) is 2.76. The molecule has 0 aromatic heterocycles. The zero-order valence-electron chi connectivity index (χ0n) is 14.8. The minimum atomic E-state index is 1.04. The van der Waals surface area contributed by atoms with Crippen LogP contribution < -0.4 is 0 Å². The maximum atomic E-state index is 3.52. The maximum Gasteiger partial charge on any atom is 0.0234 e. The molecule has 0 amide bonds. The van der Waals surface area contributed by atoms with E-state index < -0.39 is 0 Å². The lowest BCUT2D eigenvalue weighted by Crippen LogP contribution is -2.43. The van der Waals surface area contributed by atoms with E-state index in [9.17, 15) is 0 Å². The van der Waals surface area contributed by atoms with E-state index in [1.165, 1.54) is 5.56 Å². The molecule has 23 heavy (non-hydrogen) atoms. The van der Waals surface area contributed by atoms with E-state index in [2.05, 4.69) is 80.9 Å². The van der Waals surface area contributed by atoms with E-state index in [1.807, 2.05) is 0 Å². The molecule has 0 radical (unpaired) electrons. The average Bonchev–Trinajstić information content (AvgIpc) is 2.54. The van der Waals surface area contributed by atoms with Crippen molar-refractivity contribution in [3.63, 3.8) is 0 Å². The predicted molar refractivity (Wildman–Crippen MR) is 102 cm³/mol. The third kappa shape index (κ3) is 7.31. The molecule has 1 heterocycles. The van der Waals surface area contributed by atoms with Crippen LogP contribution in [0.2, 0.25) is 0 Å². The van der Waals surface area contributed by atoms with Crippen LogP contribution in [0.3, 0.4) is 0 Å². The fourth-order valence-corrected chi connectivity index (χ4v) is 3.02. The topological polar surface area (TPSA) is 13.0 Å². The van der Waals surface area contributed by atoms with Gasteiger partial charge in [-0.2, -0.15) is 0 Å². The van der Waals surface area contributed by atoms with Crippen LogP contribution in [0.1, 0.15) is 5.56 Å². The molecule has 0 unspecified atom stereocenters. The second-order valence-electron chi connectivity index (χ2n) is 6.81. The first-order valence-electron chi connectivity index (χ1n) is 8.55. The fraction of sp³-hybridized carbons (Fsp3) is 0.667. The number of hydrogen-bond donors (Lipinski definition) is 0. The van der Waals surface area contributed by atoms with Crippen LogP contribution in [0.4, 0.5) is 0 Å². The van der Waals surface area contributed by atoms with Crippen LogP contribution in [0.25, 0.3) is 0 Å². The molecule has 1 aliphatic rings. The van der Waals surface area contributed by atoms with Crippen molar-refractivity contribution in [2.75, 3.05) is 73.5 Å². The van der Waals surface area contributed by atoms with Gasteiger partial charge in [0.2, 0.25) is 0 Å². The Morgan fingerprint density at radius 2 is 1.09 bits per heavy atom. The van der Waals surface area contributed by atoms with Crippen LogP contribution in [-0.2, 0) is 6.54 Å². The molecule has 0 spiro atoms. The quantitative estimate of drug-likeness (QED) is 0.775. The van der Waals surface area contributed by atoms with Gasteiger partial charge in [0.25, 0.3) is 0 Å². The summed E-state index contributed by atoms with van der Waals surface area (Å²) in [4.78, 5) is 9.93. The molecule has 2 rings (SSSR count). The third-order valence-corrected chi connectivity index (χ3v) is 5.17. The number of nitrogens with zero attached hydrogens (tertiary/aromatic N) is 4. The smallest absolute Gasteiger partial charge is 0.0234 e. The van der Waals surface area contributed by atoms with Gasteiger partial charge >= 0.3 is 0 Å². The van der Waals surface area contributed by atoms with Crippen molar-refractivity contribution in [3.8, 4) is 0 Å². The van der Waals surface area contributed by atoms with Crippen molar-refractivity contribution in [3.05, 3.63) is 34.3 Å². The number of likely N-dealkylation sites (N-methyl/N-ethyl adjacent to an activating group) is 3. The first kappa shape index (κ1) is 18.9. The zero-order valence-corrected chi connectivity index (χ0v) is 16.4. The molecule has 5 heteroatoms. The van der Waals surface area contributed by atoms with Gasteiger partial charge < -0.3 is 14.7 Å². The summed E-state index contributed by atoms with van der Waals surface area (Å²) in [5.41, 5.74) is 1.39. The highest BCUT2D eigenvalue weighted by atomic mass is 79.9. The molecule has 1 aromatic carbocycles. The summed E-state index contributed by atoms with van der Waals surface area (Å²) in [5.74, 6) is 0. The Balaban J connectivity index is 1.94. The van der Waals surface area contributed by atoms with Gasteiger partial charge in [0, 0.05) is 63.4 Å². The van der Waals surface area contributed by atoms with Gasteiger partial charge in [-0.05, 0) is 38.8 Å². The molecule has 1 fully saturated rings. The van der Waals surface area contributed by atoms with E-state index >= 15 is 0 Å². The van der Waals surface area contributed by atoms with Crippen molar-refractivity contribution in [2.45, 2.75) is 6.54 Å². The zero-order chi connectivity index (χ0) is 16.7. The molecular formula is C18H31BrN4. The average molecular weight is 383 g/mol. The van der Waals surface area contributed by atoms with Crippen LogP contribution in [0, 0.1) is 0 Å². The number of rotatable bonds is 2.